The highest BCUT2D eigenvalue weighted by molar-refractivity contribution is 14.0. The molecule has 3 N–H and O–H groups in total. The molecule has 1 aliphatic heterocycles. The van der Waals surface area contributed by atoms with Gasteiger partial charge in [-0.3, -0.25) is 9.79 Å². The lowest BCUT2D eigenvalue weighted by atomic mass is 9.92. The summed E-state index contributed by atoms with van der Waals surface area (Å²) in [6.07, 6.45) is 2.55. The van der Waals surface area contributed by atoms with Crippen molar-refractivity contribution in [2.45, 2.75) is 53.5 Å². The number of rotatable bonds is 8. The Labute approximate surface area is 193 Å². The van der Waals surface area contributed by atoms with Crippen LogP contribution in [0.4, 0.5) is 5.69 Å². The Hall–Kier alpha value is -1.51. The van der Waals surface area contributed by atoms with E-state index in [0.29, 0.717) is 13.1 Å². The van der Waals surface area contributed by atoms with Gasteiger partial charge in [-0.15, -0.1) is 24.0 Å². The quantitative estimate of drug-likeness (QED) is 0.281. The van der Waals surface area contributed by atoms with Gasteiger partial charge < -0.3 is 20.9 Å². The number of aliphatic imine (C=N–C) groups is 1. The zero-order valence-electron chi connectivity index (χ0n) is 18.5. The standard InChI is InChI=1S/C22H37N5O.HI/c1-6-23-20(28)22(4,5)16-25-21(24-7-2)26-17(3)18-11-10-12-19(15-18)27-13-8-9-14-27;/h10-12,15,17H,6-9,13-14,16H2,1-5H3,(H,23,28)(H2,24,25,26);1H. The van der Waals surface area contributed by atoms with Crippen molar-refractivity contribution in [1.82, 2.24) is 16.0 Å². The molecule has 1 aliphatic rings. The van der Waals surface area contributed by atoms with Gasteiger partial charge in [-0.1, -0.05) is 12.1 Å². The molecule has 1 saturated heterocycles. The molecule has 0 spiro atoms. The number of carbonyl (C=O) groups is 1. The van der Waals surface area contributed by atoms with E-state index in [4.69, 9.17) is 0 Å². The summed E-state index contributed by atoms with van der Waals surface area (Å²) in [6.45, 7) is 14.1. The average molecular weight is 515 g/mol. The minimum atomic E-state index is -0.544. The zero-order valence-corrected chi connectivity index (χ0v) is 20.9. The number of nitrogens with zero attached hydrogens (tertiary/aromatic N) is 2. The second-order valence-corrected chi connectivity index (χ2v) is 8.09. The largest absolute Gasteiger partial charge is 0.372 e. The predicted molar refractivity (Wildman–Crippen MR) is 133 cm³/mol. The van der Waals surface area contributed by atoms with Crippen LogP contribution in [0, 0.1) is 5.41 Å². The van der Waals surface area contributed by atoms with E-state index in [-0.39, 0.29) is 35.9 Å². The van der Waals surface area contributed by atoms with Crippen molar-refractivity contribution in [3.05, 3.63) is 29.8 Å². The van der Waals surface area contributed by atoms with Crippen molar-refractivity contribution in [2.24, 2.45) is 10.4 Å². The van der Waals surface area contributed by atoms with E-state index in [9.17, 15) is 4.79 Å². The predicted octanol–water partition coefficient (Wildman–Crippen LogP) is 3.68. The number of hydrogen-bond acceptors (Lipinski definition) is 3. The van der Waals surface area contributed by atoms with Crippen molar-refractivity contribution in [3.63, 3.8) is 0 Å². The molecule has 1 aromatic carbocycles. The Kier molecular flexibility index (Phi) is 10.8. The maximum absolute atomic E-state index is 12.2. The van der Waals surface area contributed by atoms with E-state index < -0.39 is 5.41 Å². The van der Waals surface area contributed by atoms with Crippen LogP contribution < -0.4 is 20.9 Å². The average Bonchev–Trinajstić information content (AvgIpc) is 3.21. The van der Waals surface area contributed by atoms with Crippen LogP contribution in [-0.2, 0) is 4.79 Å². The summed E-state index contributed by atoms with van der Waals surface area (Å²) < 4.78 is 0. The lowest BCUT2D eigenvalue weighted by molar-refractivity contribution is -0.128. The normalized spacial score (nSPS) is 15.5. The monoisotopic (exact) mass is 515 g/mol. The molecule has 1 unspecified atom stereocenters. The highest BCUT2D eigenvalue weighted by Crippen LogP contribution is 2.24. The summed E-state index contributed by atoms with van der Waals surface area (Å²) in [7, 11) is 0. The molecule has 0 bridgehead atoms. The fraction of sp³-hybridized carbons (Fsp3) is 0.636. The molecule has 0 aliphatic carbocycles. The smallest absolute Gasteiger partial charge is 0.227 e. The van der Waals surface area contributed by atoms with Crippen LogP contribution in [0.15, 0.2) is 29.3 Å². The van der Waals surface area contributed by atoms with E-state index >= 15 is 0 Å². The number of guanidine groups is 1. The summed E-state index contributed by atoms with van der Waals surface area (Å²) >= 11 is 0. The first-order valence-electron chi connectivity index (χ1n) is 10.6. The first kappa shape index (κ1) is 25.5. The molecule has 29 heavy (non-hydrogen) atoms. The van der Waals surface area contributed by atoms with Crippen LogP contribution in [-0.4, -0.2) is 44.6 Å². The Bertz CT molecular complexity index is 671. The van der Waals surface area contributed by atoms with E-state index in [2.05, 4.69) is 57.0 Å². The molecule has 1 heterocycles. The maximum Gasteiger partial charge on any atom is 0.227 e. The molecule has 0 saturated carbocycles. The van der Waals surface area contributed by atoms with Gasteiger partial charge in [0.2, 0.25) is 5.91 Å². The molecular formula is C22H38IN5O. The fourth-order valence-corrected chi connectivity index (χ4v) is 3.32. The lowest BCUT2D eigenvalue weighted by Crippen LogP contribution is -2.42. The third kappa shape index (κ3) is 7.68. The van der Waals surface area contributed by atoms with Gasteiger partial charge in [0.05, 0.1) is 18.0 Å². The topological polar surface area (TPSA) is 68.8 Å². The number of hydrogen-bond donors (Lipinski definition) is 3. The van der Waals surface area contributed by atoms with E-state index in [1.165, 1.54) is 24.1 Å². The Morgan fingerprint density at radius 2 is 1.83 bits per heavy atom. The van der Waals surface area contributed by atoms with Crippen LogP contribution in [0.25, 0.3) is 0 Å². The molecule has 7 heteroatoms. The van der Waals surface area contributed by atoms with Crippen LogP contribution in [0.1, 0.15) is 59.1 Å². The minimum absolute atomic E-state index is 0. The van der Waals surface area contributed by atoms with Crippen molar-refractivity contribution in [2.75, 3.05) is 37.6 Å². The highest BCUT2D eigenvalue weighted by Gasteiger charge is 2.27. The second-order valence-electron chi connectivity index (χ2n) is 8.09. The van der Waals surface area contributed by atoms with Crippen molar-refractivity contribution >= 4 is 41.5 Å². The first-order valence-corrected chi connectivity index (χ1v) is 10.6. The second kappa shape index (κ2) is 12.2. The first-order chi connectivity index (χ1) is 13.4. The third-order valence-electron chi connectivity index (χ3n) is 5.12. The van der Waals surface area contributed by atoms with Crippen molar-refractivity contribution < 1.29 is 4.79 Å². The van der Waals surface area contributed by atoms with Crippen molar-refractivity contribution in [3.8, 4) is 0 Å². The molecule has 1 fully saturated rings. The molecule has 0 aromatic heterocycles. The number of amides is 1. The number of carbonyl (C=O) groups excluding carboxylic acids is 1. The van der Waals surface area contributed by atoms with E-state index in [1.54, 1.807) is 0 Å². The zero-order chi connectivity index (χ0) is 20.6. The summed E-state index contributed by atoms with van der Waals surface area (Å²) in [6, 6.07) is 8.86. The van der Waals surface area contributed by atoms with Gasteiger partial charge in [-0.25, -0.2) is 0 Å². The Morgan fingerprint density at radius 3 is 2.45 bits per heavy atom. The van der Waals surface area contributed by atoms with Crippen LogP contribution in [0.5, 0.6) is 0 Å². The fourth-order valence-electron chi connectivity index (χ4n) is 3.32. The van der Waals surface area contributed by atoms with Crippen LogP contribution in [0.2, 0.25) is 0 Å². The van der Waals surface area contributed by atoms with Gasteiger partial charge in [-0.05, 0) is 65.2 Å². The molecule has 1 aromatic rings. The Morgan fingerprint density at radius 1 is 1.17 bits per heavy atom. The van der Waals surface area contributed by atoms with Gasteiger partial charge in [0.25, 0.3) is 0 Å². The molecule has 0 radical (unpaired) electrons. The van der Waals surface area contributed by atoms with Gasteiger partial charge >= 0.3 is 0 Å². The summed E-state index contributed by atoms with van der Waals surface area (Å²) in [4.78, 5) is 19.3. The van der Waals surface area contributed by atoms with E-state index in [1.807, 2.05) is 27.7 Å². The number of nitrogens with one attached hydrogen (secondary N) is 3. The number of anilines is 1. The van der Waals surface area contributed by atoms with Gasteiger partial charge in [0.15, 0.2) is 5.96 Å². The summed E-state index contributed by atoms with van der Waals surface area (Å²) in [5.74, 6) is 0.764. The molecule has 6 nitrogen and oxygen atoms in total. The highest BCUT2D eigenvalue weighted by atomic mass is 127. The molecule has 1 atom stereocenters. The summed E-state index contributed by atoms with van der Waals surface area (Å²) in [5, 5.41) is 9.66. The maximum atomic E-state index is 12.2. The Balaban J connectivity index is 0.00000420. The SMILES string of the molecule is CCNC(=O)C(C)(C)CN=C(NCC)NC(C)c1cccc(N2CCCC2)c1.I. The lowest BCUT2D eigenvalue weighted by Gasteiger charge is -2.24. The third-order valence-corrected chi connectivity index (χ3v) is 5.12. The number of halogens is 1. The molecule has 2 rings (SSSR count). The molecule has 164 valence electrons. The molecule has 1 amide bonds. The van der Waals surface area contributed by atoms with Gasteiger partial charge in [0.1, 0.15) is 0 Å². The van der Waals surface area contributed by atoms with Crippen LogP contribution >= 0.6 is 24.0 Å². The van der Waals surface area contributed by atoms with Crippen molar-refractivity contribution in [1.29, 1.82) is 0 Å². The van der Waals surface area contributed by atoms with Crippen LogP contribution in [0.3, 0.4) is 0 Å². The minimum Gasteiger partial charge on any atom is -0.372 e. The summed E-state index contributed by atoms with van der Waals surface area (Å²) in [5.41, 5.74) is 1.98. The van der Waals surface area contributed by atoms with Gasteiger partial charge in [0, 0.05) is 31.9 Å². The van der Waals surface area contributed by atoms with Gasteiger partial charge in [-0.2, -0.15) is 0 Å². The molecular weight excluding hydrogens is 477 g/mol. The van der Waals surface area contributed by atoms with E-state index in [0.717, 1.165) is 25.6 Å². The number of benzene rings is 1.